The average molecular weight is 489 g/mol. The molecule has 0 bridgehead atoms. The van der Waals surface area contributed by atoms with Crippen LogP contribution in [-0.4, -0.2) is 79.7 Å². The number of hydrogen-bond acceptors (Lipinski definition) is 5. The van der Waals surface area contributed by atoms with Gasteiger partial charge in [-0.3, -0.25) is 9.59 Å². The summed E-state index contributed by atoms with van der Waals surface area (Å²) in [6.07, 6.45) is 2.56. The van der Waals surface area contributed by atoms with Crippen LogP contribution in [0.4, 0.5) is 10.5 Å². The second kappa shape index (κ2) is 11.7. The van der Waals surface area contributed by atoms with Crippen molar-refractivity contribution in [1.29, 1.82) is 0 Å². The van der Waals surface area contributed by atoms with E-state index in [2.05, 4.69) is 10.6 Å². The number of benzene rings is 1. The summed E-state index contributed by atoms with van der Waals surface area (Å²) in [7, 11) is 3.36. The molecule has 1 heterocycles. The number of urea groups is 1. The number of nitrogens with one attached hydrogen (secondary N) is 2. The molecule has 4 amide bonds. The van der Waals surface area contributed by atoms with Crippen molar-refractivity contribution in [1.82, 2.24) is 15.1 Å². The molecule has 1 aromatic rings. The van der Waals surface area contributed by atoms with Gasteiger partial charge in [0.05, 0.1) is 17.7 Å². The SMILES string of the molecule is CO[C@H]1CN(C)C(=O)c2cc(NC(=O)NC(C)C)ccc2OC[C@@H](C)N(C(=O)CC2CC2)C[C@@H]1C. The van der Waals surface area contributed by atoms with Crippen molar-refractivity contribution < 1.29 is 23.9 Å². The Morgan fingerprint density at radius 2 is 1.91 bits per heavy atom. The molecule has 3 rings (SSSR count). The molecule has 0 saturated heterocycles. The van der Waals surface area contributed by atoms with Crippen LogP contribution in [0.2, 0.25) is 0 Å². The van der Waals surface area contributed by atoms with Crippen LogP contribution >= 0.6 is 0 Å². The van der Waals surface area contributed by atoms with E-state index in [0.717, 1.165) is 12.8 Å². The van der Waals surface area contributed by atoms with Crippen molar-refractivity contribution in [2.45, 2.75) is 65.1 Å². The lowest BCUT2D eigenvalue weighted by Crippen LogP contribution is -2.48. The minimum absolute atomic E-state index is 0.0181. The molecular formula is C26H40N4O5. The zero-order valence-corrected chi connectivity index (χ0v) is 21.8. The van der Waals surface area contributed by atoms with E-state index in [-0.39, 0.29) is 48.6 Å². The third-order valence-electron chi connectivity index (χ3n) is 6.60. The van der Waals surface area contributed by atoms with Gasteiger partial charge in [0.25, 0.3) is 5.91 Å². The van der Waals surface area contributed by atoms with Crippen LogP contribution in [0, 0.1) is 11.8 Å². The highest BCUT2D eigenvalue weighted by atomic mass is 16.5. The van der Waals surface area contributed by atoms with Crippen LogP contribution in [0.5, 0.6) is 5.75 Å². The minimum atomic E-state index is -0.346. The zero-order chi connectivity index (χ0) is 25.7. The van der Waals surface area contributed by atoms with Gasteiger partial charge >= 0.3 is 6.03 Å². The minimum Gasteiger partial charge on any atom is -0.491 e. The molecule has 0 unspecified atom stereocenters. The van der Waals surface area contributed by atoms with Crippen molar-refractivity contribution in [3.8, 4) is 5.75 Å². The quantitative estimate of drug-likeness (QED) is 0.662. The number of carbonyl (C=O) groups excluding carboxylic acids is 3. The Bertz CT molecular complexity index is 917. The lowest BCUT2D eigenvalue weighted by atomic mass is 10.0. The normalized spacial score (nSPS) is 23.6. The topological polar surface area (TPSA) is 100 Å². The summed E-state index contributed by atoms with van der Waals surface area (Å²) in [6, 6.07) is 4.50. The van der Waals surface area contributed by atoms with Gasteiger partial charge in [-0.1, -0.05) is 6.92 Å². The molecular weight excluding hydrogens is 448 g/mol. The molecule has 0 spiro atoms. The molecule has 194 valence electrons. The highest BCUT2D eigenvalue weighted by Crippen LogP contribution is 2.33. The van der Waals surface area contributed by atoms with E-state index < -0.39 is 0 Å². The van der Waals surface area contributed by atoms with E-state index in [0.29, 0.717) is 42.4 Å². The molecule has 2 aliphatic rings. The van der Waals surface area contributed by atoms with Gasteiger partial charge < -0.3 is 29.9 Å². The fraction of sp³-hybridized carbons (Fsp3) is 0.654. The van der Waals surface area contributed by atoms with Crippen LogP contribution in [0.3, 0.4) is 0 Å². The van der Waals surface area contributed by atoms with Gasteiger partial charge in [-0.15, -0.1) is 0 Å². The van der Waals surface area contributed by atoms with Crippen LogP contribution in [0.1, 0.15) is 57.3 Å². The van der Waals surface area contributed by atoms with Crippen LogP contribution in [-0.2, 0) is 9.53 Å². The third-order valence-corrected chi connectivity index (χ3v) is 6.60. The highest BCUT2D eigenvalue weighted by Gasteiger charge is 2.33. The number of fused-ring (bicyclic) bond motifs is 1. The standard InChI is InChI=1S/C26H40N4O5/c1-16(2)27-26(33)28-20-9-10-22-21(12-20)25(32)29(5)14-23(34-6)17(3)13-30(18(4)15-35-22)24(31)11-19-7-8-19/h9-10,12,16-19,23H,7-8,11,13-15H2,1-6H3,(H2,27,28,33)/t17-,18+,23-/m0/s1. The Labute approximate surface area is 208 Å². The predicted molar refractivity (Wildman–Crippen MR) is 135 cm³/mol. The molecule has 1 aliphatic heterocycles. The van der Waals surface area contributed by atoms with E-state index in [9.17, 15) is 14.4 Å². The van der Waals surface area contributed by atoms with Crippen molar-refractivity contribution in [2.24, 2.45) is 11.8 Å². The average Bonchev–Trinajstić information content (AvgIpc) is 3.61. The molecule has 0 aromatic heterocycles. The van der Waals surface area contributed by atoms with Gasteiger partial charge in [-0.2, -0.15) is 0 Å². The molecule has 1 aliphatic carbocycles. The van der Waals surface area contributed by atoms with E-state index >= 15 is 0 Å². The second-order valence-electron chi connectivity index (χ2n) is 10.3. The summed E-state index contributed by atoms with van der Waals surface area (Å²) in [5.74, 6) is 0.849. The predicted octanol–water partition coefficient (Wildman–Crippen LogP) is 3.35. The maximum absolute atomic E-state index is 13.4. The van der Waals surface area contributed by atoms with E-state index in [4.69, 9.17) is 9.47 Å². The van der Waals surface area contributed by atoms with Gasteiger partial charge in [0.1, 0.15) is 12.4 Å². The van der Waals surface area contributed by atoms with Gasteiger partial charge in [0.2, 0.25) is 5.91 Å². The van der Waals surface area contributed by atoms with Gasteiger partial charge in [0, 0.05) is 51.3 Å². The Kier molecular flexibility index (Phi) is 8.99. The summed E-state index contributed by atoms with van der Waals surface area (Å²) in [5.41, 5.74) is 0.839. The fourth-order valence-corrected chi connectivity index (χ4v) is 4.32. The van der Waals surface area contributed by atoms with Crippen molar-refractivity contribution in [3.63, 3.8) is 0 Å². The molecule has 1 fully saturated rings. The lowest BCUT2D eigenvalue weighted by Gasteiger charge is -2.36. The smallest absolute Gasteiger partial charge is 0.319 e. The number of nitrogens with zero attached hydrogens (tertiary/aromatic N) is 2. The van der Waals surface area contributed by atoms with E-state index in [1.807, 2.05) is 32.6 Å². The first-order valence-electron chi connectivity index (χ1n) is 12.5. The number of rotatable bonds is 5. The molecule has 9 nitrogen and oxygen atoms in total. The molecule has 0 radical (unpaired) electrons. The molecule has 3 atom stereocenters. The van der Waals surface area contributed by atoms with Gasteiger partial charge in [-0.05, 0) is 57.7 Å². The van der Waals surface area contributed by atoms with Gasteiger partial charge in [-0.25, -0.2) is 4.79 Å². The van der Waals surface area contributed by atoms with Gasteiger partial charge in [0.15, 0.2) is 0 Å². The Balaban J connectivity index is 1.89. The Morgan fingerprint density at radius 1 is 1.20 bits per heavy atom. The number of anilines is 1. The number of likely N-dealkylation sites (N-methyl/N-ethyl adjacent to an activating group) is 1. The van der Waals surface area contributed by atoms with Crippen molar-refractivity contribution in [3.05, 3.63) is 23.8 Å². The summed E-state index contributed by atoms with van der Waals surface area (Å²) < 4.78 is 11.9. The largest absolute Gasteiger partial charge is 0.491 e. The number of ether oxygens (including phenoxy) is 2. The lowest BCUT2D eigenvalue weighted by molar-refractivity contribution is -0.135. The summed E-state index contributed by atoms with van der Waals surface area (Å²) in [6.45, 7) is 8.93. The highest BCUT2D eigenvalue weighted by molar-refractivity contribution is 5.99. The van der Waals surface area contributed by atoms with E-state index in [1.165, 1.54) is 0 Å². The maximum atomic E-state index is 13.4. The van der Waals surface area contributed by atoms with Crippen LogP contribution in [0.15, 0.2) is 18.2 Å². The third kappa shape index (κ3) is 7.34. The molecule has 2 N–H and O–H groups in total. The van der Waals surface area contributed by atoms with Crippen LogP contribution < -0.4 is 15.4 Å². The fourth-order valence-electron chi connectivity index (χ4n) is 4.32. The van der Waals surface area contributed by atoms with Crippen molar-refractivity contribution in [2.75, 3.05) is 39.2 Å². The van der Waals surface area contributed by atoms with Crippen molar-refractivity contribution >= 4 is 23.5 Å². The summed E-state index contributed by atoms with van der Waals surface area (Å²) in [5, 5.41) is 5.55. The summed E-state index contributed by atoms with van der Waals surface area (Å²) in [4.78, 5) is 42.2. The maximum Gasteiger partial charge on any atom is 0.319 e. The first-order chi connectivity index (χ1) is 16.6. The number of amides is 4. The molecule has 35 heavy (non-hydrogen) atoms. The zero-order valence-electron chi connectivity index (χ0n) is 21.8. The van der Waals surface area contributed by atoms with E-state index in [1.54, 1.807) is 37.3 Å². The number of hydrogen-bond donors (Lipinski definition) is 2. The first-order valence-corrected chi connectivity index (χ1v) is 12.5. The molecule has 1 aromatic carbocycles. The molecule has 9 heteroatoms. The summed E-state index contributed by atoms with van der Waals surface area (Å²) >= 11 is 0. The number of methoxy groups -OCH3 is 1. The Morgan fingerprint density at radius 3 is 2.54 bits per heavy atom. The van der Waals surface area contributed by atoms with Crippen LogP contribution in [0.25, 0.3) is 0 Å². The Hall–Kier alpha value is -2.81. The number of carbonyl (C=O) groups is 3. The monoisotopic (exact) mass is 488 g/mol. The molecule has 1 saturated carbocycles. The first kappa shape index (κ1) is 26.8. The second-order valence-corrected chi connectivity index (χ2v) is 10.3.